The van der Waals surface area contributed by atoms with Crippen molar-refractivity contribution < 1.29 is 4.74 Å². The normalized spacial score (nSPS) is 24.1. The lowest BCUT2D eigenvalue weighted by Crippen LogP contribution is -2.62. The minimum absolute atomic E-state index is 0.369. The van der Waals surface area contributed by atoms with E-state index >= 15 is 0 Å². The van der Waals surface area contributed by atoms with Gasteiger partial charge in [-0.25, -0.2) is 0 Å². The largest absolute Gasteiger partial charge is 0.379 e. The molecule has 1 N–H and O–H groups in total. The van der Waals surface area contributed by atoms with Crippen LogP contribution in [0.4, 0.5) is 0 Å². The summed E-state index contributed by atoms with van der Waals surface area (Å²) >= 11 is 0. The zero-order chi connectivity index (χ0) is 15.1. The summed E-state index contributed by atoms with van der Waals surface area (Å²) in [4.78, 5) is 2.75. The van der Waals surface area contributed by atoms with Gasteiger partial charge in [-0.2, -0.15) is 0 Å². The molecule has 2 fully saturated rings. The van der Waals surface area contributed by atoms with Gasteiger partial charge in [0.2, 0.25) is 0 Å². The number of allylic oxidation sites excluding steroid dienone is 1. The Bertz CT molecular complexity index is 317. The van der Waals surface area contributed by atoms with E-state index in [1.54, 1.807) is 0 Å². The Labute approximate surface area is 131 Å². The second kappa shape index (κ2) is 8.30. The SMILES string of the molecule is C=C(C)CCC(NCCC)C1(N2CCOCC2)CCCC1. The maximum absolute atomic E-state index is 5.59. The molecular formula is C18H34N2O. The topological polar surface area (TPSA) is 24.5 Å². The van der Waals surface area contributed by atoms with Gasteiger partial charge in [0.15, 0.2) is 0 Å². The van der Waals surface area contributed by atoms with E-state index in [2.05, 4.69) is 30.6 Å². The monoisotopic (exact) mass is 294 g/mol. The lowest BCUT2D eigenvalue weighted by Gasteiger charge is -2.49. The molecule has 0 aromatic rings. The van der Waals surface area contributed by atoms with Crippen molar-refractivity contribution in [3.8, 4) is 0 Å². The summed E-state index contributed by atoms with van der Waals surface area (Å²) in [6.07, 6.45) is 9.06. The van der Waals surface area contributed by atoms with Crippen LogP contribution in [-0.2, 0) is 4.74 Å². The van der Waals surface area contributed by atoms with Crippen LogP contribution in [0.2, 0.25) is 0 Å². The van der Waals surface area contributed by atoms with Gasteiger partial charge in [-0.15, -0.1) is 6.58 Å². The highest BCUT2D eigenvalue weighted by Gasteiger charge is 2.45. The van der Waals surface area contributed by atoms with E-state index in [4.69, 9.17) is 4.74 Å². The molecule has 3 nitrogen and oxygen atoms in total. The summed E-state index contributed by atoms with van der Waals surface area (Å²) in [5.41, 5.74) is 1.68. The summed E-state index contributed by atoms with van der Waals surface area (Å²) in [7, 11) is 0. The molecule has 1 saturated heterocycles. The number of nitrogens with zero attached hydrogens (tertiary/aromatic N) is 1. The van der Waals surface area contributed by atoms with Crippen LogP contribution < -0.4 is 5.32 Å². The van der Waals surface area contributed by atoms with E-state index in [9.17, 15) is 0 Å². The summed E-state index contributed by atoms with van der Waals surface area (Å²) in [5.74, 6) is 0. The Balaban J connectivity index is 2.11. The van der Waals surface area contributed by atoms with Crippen LogP contribution in [-0.4, -0.2) is 49.3 Å². The van der Waals surface area contributed by atoms with Crippen molar-refractivity contribution >= 4 is 0 Å². The molecule has 1 aliphatic carbocycles. The molecule has 0 spiro atoms. The van der Waals surface area contributed by atoms with Crippen LogP contribution in [0.5, 0.6) is 0 Å². The van der Waals surface area contributed by atoms with Crippen LogP contribution >= 0.6 is 0 Å². The first-order valence-corrected chi connectivity index (χ1v) is 8.89. The van der Waals surface area contributed by atoms with E-state index in [0.29, 0.717) is 11.6 Å². The predicted octanol–water partition coefficient (Wildman–Crippen LogP) is 3.36. The van der Waals surface area contributed by atoms with Crippen molar-refractivity contribution in [1.82, 2.24) is 10.2 Å². The van der Waals surface area contributed by atoms with Crippen molar-refractivity contribution in [3.63, 3.8) is 0 Å². The van der Waals surface area contributed by atoms with Gasteiger partial charge >= 0.3 is 0 Å². The Morgan fingerprint density at radius 2 is 1.95 bits per heavy atom. The molecule has 1 atom stereocenters. The average molecular weight is 294 g/mol. The van der Waals surface area contributed by atoms with E-state index < -0.39 is 0 Å². The van der Waals surface area contributed by atoms with Crippen molar-refractivity contribution in [2.75, 3.05) is 32.8 Å². The quantitative estimate of drug-likeness (QED) is 0.695. The highest BCUT2D eigenvalue weighted by atomic mass is 16.5. The molecule has 0 radical (unpaired) electrons. The Morgan fingerprint density at radius 1 is 1.29 bits per heavy atom. The Kier molecular flexibility index (Phi) is 6.72. The van der Waals surface area contributed by atoms with E-state index in [-0.39, 0.29) is 0 Å². The summed E-state index contributed by atoms with van der Waals surface area (Å²) in [5, 5.41) is 3.88. The van der Waals surface area contributed by atoms with Crippen molar-refractivity contribution in [2.45, 2.75) is 70.4 Å². The van der Waals surface area contributed by atoms with Crippen LogP contribution in [0.15, 0.2) is 12.2 Å². The van der Waals surface area contributed by atoms with Crippen molar-refractivity contribution in [1.29, 1.82) is 0 Å². The summed E-state index contributed by atoms with van der Waals surface area (Å²) in [6, 6.07) is 0.606. The molecule has 2 rings (SSSR count). The van der Waals surface area contributed by atoms with Gasteiger partial charge in [0.25, 0.3) is 0 Å². The Morgan fingerprint density at radius 3 is 2.52 bits per heavy atom. The molecule has 1 unspecified atom stereocenters. The van der Waals surface area contributed by atoms with Gasteiger partial charge in [-0.1, -0.05) is 25.3 Å². The van der Waals surface area contributed by atoms with E-state index in [1.807, 2.05) is 0 Å². The molecule has 0 aromatic heterocycles. The third-order valence-electron chi connectivity index (χ3n) is 5.26. The molecule has 2 aliphatic rings. The first kappa shape index (κ1) is 17.0. The predicted molar refractivity (Wildman–Crippen MR) is 89.7 cm³/mol. The average Bonchev–Trinajstić information content (AvgIpc) is 2.99. The third kappa shape index (κ3) is 4.30. The fourth-order valence-electron chi connectivity index (χ4n) is 4.15. The lowest BCUT2D eigenvalue weighted by molar-refractivity contribution is -0.0368. The molecule has 0 aromatic carbocycles. The Hall–Kier alpha value is -0.380. The molecule has 21 heavy (non-hydrogen) atoms. The first-order chi connectivity index (χ1) is 10.2. The van der Waals surface area contributed by atoms with Gasteiger partial charge < -0.3 is 10.1 Å². The van der Waals surface area contributed by atoms with E-state index in [1.165, 1.54) is 44.1 Å². The number of morpholine rings is 1. The van der Waals surface area contributed by atoms with Crippen molar-refractivity contribution in [2.24, 2.45) is 0 Å². The van der Waals surface area contributed by atoms with Crippen LogP contribution in [0.3, 0.4) is 0 Å². The fourth-order valence-corrected chi connectivity index (χ4v) is 4.15. The molecule has 0 bridgehead atoms. The highest BCUT2D eigenvalue weighted by molar-refractivity contribution is 5.05. The zero-order valence-electron chi connectivity index (χ0n) is 14.1. The van der Waals surface area contributed by atoms with Crippen LogP contribution in [0, 0.1) is 0 Å². The molecule has 122 valence electrons. The summed E-state index contributed by atoms with van der Waals surface area (Å²) < 4.78 is 5.59. The standard InChI is InChI=1S/C18H34N2O/c1-4-11-19-17(8-7-16(2)3)18(9-5-6-10-18)20-12-14-21-15-13-20/h17,19H,2,4-15H2,1,3H3. The molecule has 0 amide bonds. The van der Waals surface area contributed by atoms with Gasteiger partial charge in [0.05, 0.1) is 13.2 Å². The molecular weight excluding hydrogens is 260 g/mol. The van der Waals surface area contributed by atoms with Gasteiger partial charge in [0, 0.05) is 24.7 Å². The van der Waals surface area contributed by atoms with E-state index in [0.717, 1.165) is 39.3 Å². The molecule has 1 saturated carbocycles. The van der Waals surface area contributed by atoms with Gasteiger partial charge in [0.1, 0.15) is 0 Å². The van der Waals surface area contributed by atoms with Crippen LogP contribution in [0.25, 0.3) is 0 Å². The molecule has 3 heteroatoms. The number of nitrogens with one attached hydrogen (secondary N) is 1. The number of hydrogen-bond donors (Lipinski definition) is 1. The van der Waals surface area contributed by atoms with Crippen molar-refractivity contribution in [3.05, 3.63) is 12.2 Å². The first-order valence-electron chi connectivity index (χ1n) is 8.89. The van der Waals surface area contributed by atoms with Gasteiger partial charge in [-0.3, -0.25) is 4.90 Å². The second-order valence-electron chi connectivity index (χ2n) is 6.91. The summed E-state index contributed by atoms with van der Waals surface area (Å²) in [6.45, 7) is 13.7. The number of ether oxygens (including phenoxy) is 1. The second-order valence-corrected chi connectivity index (χ2v) is 6.91. The lowest BCUT2D eigenvalue weighted by atomic mass is 9.82. The number of rotatable bonds is 8. The smallest absolute Gasteiger partial charge is 0.0594 e. The van der Waals surface area contributed by atoms with Crippen LogP contribution in [0.1, 0.15) is 58.8 Å². The molecule has 1 heterocycles. The van der Waals surface area contributed by atoms with Gasteiger partial charge in [-0.05, 0) is 45.6 Å². The fraction of sp³-hybridized carbons (Fsp3) is 0.889. The maximum atomic E-state index is 5.59. The highest BCUT2D eigenvalue weighted by Crippen LogP contribution is 2.40. The third-order valence-corrected chi connectivity index (χ3v) is 5.26. The minimum atomic E-state index is 0.369. The zero-order valence-corrected chi connectivity index (χ0v) is 14.1. The molecule has 1 aliphatic heterocycles. The maximum Gasteiger partial charge on any atom is 0.0594 e. The number of hydrogen-bond acceptors (Lipinski definition) is 3. The minimum Gasteiger partial charge on any atom is -0.379 e.